The summed E-state index contributed by atoms with van der Waals surface area (Å²) in [6.45, 7) is 0.386. The van der Waals surface area contributed by atoms with Gasteiger partial charge in [0.2, 0.25) is 0 Å². The molecule has 0 saturated heterocycles. The Morgan fingerprint density at radius 3 is 2.79 bits per heavy atom. The van der Waals surface area contributed by atoms with Gasteiger partial charge in [-0.2, -0.15) is 5.10 Å². The van der Waals surface area contributed by atoms with E-state index in [1.54, 1.807) is 36.9 Å². The standard InChI is InChI=1S/C21H20N4O4/c1-28-14-7-8-18(29-2)13(11-14)9-10-22-20(26)16-12-23-25-17-6-4-3-5-15(17)21(27)24-19(16)25/h3-8,11-12H,9-10H2,1-2H3,(H,22,26)(H,24,27). The number of para-hydroxylation sites is 1. The van der Waals surface area contributed by atoms with E-state index in [0.717, 1.165) is 17.1 Å². The highest BCUT2D eigenvalue weighted by atomic mass is 16.5. The van der Waals surface area contributed by atoms with Gasteiger partial charge >= 0.3 is 0 Å². The van der Waals surface area contributed by atoms with Crippen molar-refractivity contribution in [3.63, 3.8) is 0 Å². The number of carbonyl (C=O) groups excluding carboxylic acids is 1. The number of carbonyl (C=O) groups is 1. The number of aromatic nitrogens is 3. The van der Waals surface area contributed by atoms with Gasteiger partial charge in [-0.15, -0.1) is 0 Å². The van der Waals surface area contributed by atoms with E-state index in [-0.39, 0.29) is 11.5 Å². The smallest absolute Gasteiger partial charge is 0.259 e. The van der Waals surface area contributed by atoms with E-state index in [0.29, 0.717) is 35.1 Å². The maximum absolute atomic E-state index is 12.7. The summed E-state index contributed by atoms with van der Waals surface area (Å²) in [5, 5.41) is 7.66. The zero-order valence-corrected chi connectivity index (χ0v) is 16.1. The SMILES string of the molecule is COc1ccc(OC)c(CCNC(=O)c2cnn3c2[nH]c(=O)c2ccccc23)c1. The number of H-pyrrole nitrogens is 1. The summed E-state index contributed by atoms with van der Waals surface area (Å²) in [5.74, 6) is 1.14. The molecule has 2 heterocycles. The van der Waals surface area contributed by atoms with Gasteiger partial charge in [0.25, 0.3) is 11.5 Å². The van der Waals surface area contributed by atoms with Crippen LogP contribution in [0.2, 0.25) is 0 Å². The average Bonchev–Trinajstić information content (AvgIpc) is 3.17. The summed E-state index contributed by atoms with van der Waals surface area (Å²) in [4.78, 5) is 27.8. The van der Waals surface area contributed by atoms with E-state index in [9.17, 15) is 9.59 Å². The molecule has 29 heavy (non-hydrogen) atoms. The summed E-state index contributed by atoms with van der Waals surface area (Å²) in [5.41, 5.74) is 1.98. The number of rotatable bonds is 6. The van der Waals surface area contributed by atoms with Crippen LogP contribution in [0.15, 0.2) is 53.5 Å². The molecule has 4 aromatic rings. The number of nitrogens with zero attached hydrogens (tertiary/aromatic N) is 2. The van der Waals surface area contributed by atoms with Gasteiger partial charge in [-0.3, -0.25) is 9.59 Å². The van der Waals surface area contributed by atoms with Crippen molar-refractivity contribution in [2.24, 2.45) is 0 Å². The molecule has 0 atom stereocenters. The monoisotopic (exact) mass is 392 g/mol. The fraction of sp³-hybridized carbons (Fsp3) is 0.190. The molecule has 0 saturated carbocycles. The molecule has 0 radical (unpaired) electrons. The van der Waals surface area contributed by atoms with Crippen LogP contribution in [0.4, 0.5) is 0 Å². The van der Waals surface area contributed by atoms with Crippen LogP contribution >= 0.6 is 0 Å². The third-order valence-electron chi connectivity index (χ3n) is 4.79. The van der Waals surface area contributed by atoms with Crippen LogP contribution in [0, 0.1) is 0 Å². The van der Waals surface area contributed by atoms with Crippen molar-refractivity contribution < 1.29 is 14.3 Å². The molecule has 8 nitrogen and oxygen atoms in total. The number of aromatic amines is 1. The quantitative estimate of drug-likeness (QED) is 0.524. The summed E-state index contributed by atoms with van der Waals surface area (Å²) in [6, 6.07) is 12.6. The minimum atomic E-state index is -0.312. The molecular weight excluding hydrogens is 372 g/mol. The number of hydrogen-bond donors (Lipinski definition) is 2. The maximum Gasteiger partial charge on any atom is 0.259 e. The second-order valence-corrected chi connectivity index (χ2v) is 6.47. The summed E-state index contributed by atoms with van der Waals surface area (Å²) in [6.07, 6.45) is 2.02. The van der Waals surface area contributed by atoms with E-state index < -0.39 is 0 Å². The minimum Gasteiger partial charge on any atom is -0.497 e. The van der Waals surface area contributed by atoms with Crippen molar-refractivity contribution in [1.29, 1.82) is 0 Å². The van der Waals surface area contributed by atoms with Crippen molar-refractivity contribution >= 4 is 22.5 Å². The van der Waals surface area contributed by atoms with Crippen LogP contribution in [0.5, 0.6) is 11.5 Å². The number of methoxy groups -OCH3 is 2. The van der Waals surface area contributed by atoms with Crippen LogP contribution < -0.4 is 20.3 Å². The van der Waals surface area contributed by atoms with Gasteiger partial charge in [0.15, 0.2) is 0 Å². The van der Waals surface area contributed by atoms with Crippen molar-refractivity contribution in [1.82, 2.24) is 19.9 Å². The predicted octanol–water partition coefficient (Wildman–Crippen LogP) is 2.17. The minimum absolute atomic E-state index is 0.260. The lowest BCUT2D eigenvalue weighted by Crippen LogP contribution is -2.26. The molecule has 148 valence electrons. The van der Waals surface area contributed by atoms with Crippen molar-refractivity contribution in [2.45, 2.75) is 6.42 Å². The number of hydrogen-bond acceptors (Lipinski definition) is 5. The van der Waals surface area contributed by atoms with Crippen molar-refractivity contribution in [3.8, 4) is 11.5 Å². The van der Waals surface area contributed by atoms with Crippen LogP contribution in [-0.2, 0) is 6.42 Å². The zero-order valence-electron chi connectivity index (χ0n) is 16.1. The summed E-state index contributed by atoms with van der Waals surface area (Å²) in [7, 11) is 3.20. The molecule has 2 aromatic carbocycles. The fourth-order valence-electron chi connectivity index (χ4n) is 3.33. The van der Waals surface area contributed by atoms with E-state index >= 15 is 0 Å². The number of fused-ring (bicyclic) bond motifs is 3. The number of nitrogens with one attached hydrogen (secondary N) is 2. The Bertz CT molecular complexity index is 1260. The van der Waals surface area contributed by atoms with Gasteiger partial charge in [0.05, 0.1) is 31.3 Å². The lowest BCUT2D eigenvalue weighted by Gasteiger charge is -2.11. The average molecular weight is 392 g/mol. The highest BCUT2D eigenvalue weighted by molar-refractivity contribution is 6.00. The maximum atomic E-state index is 12.7. The van der Waals surface area contributed by atoms with Gasteiger partial charge in [-0.05, 0) is 42.3 Å². The molecule has 2 N–H and O–H groups in total. The highest BCUT2D eigenvalue weighted by Crippen LogP contribution is 2.24. The first-order valence-electron chi connectivity index (χ1n) is 9.10. The largest absolute Gasteiger partial charge is 0.497 e. The molecule has 0 unspecified atom stereocenters. The lowest BCUT2D eigenvalue weighted by molar-refractivity contribution is 0.0955. The molecule has 0 aliphatic rings. The van der Waals surface area contributed by atoms with Crippen molar-refractivity contribution in [2.75, 3.05) is 20.8 Å². The van der Waals surface area contributed by atoms with Crippen LogP contribution in [-0.4, -0.2) is 41.3 Å². The second kappa shape index (κ2) is 7.67. The molecule has 0 aliphatic carbocycles. The molecule has 1 amide bonds. The third kappa shape index (κ3) is 3.40. The first-order chi connectivity index (χ1) is 14.1. The molecule has 2 aromatic heterocycles. The molecule has 4 rings (SSSR count). The van der Waals surface area contributed by atoms with E-state index in [4.69, 9.17) is 9.47 Å². The van der Waals surface area contributed by atoms with Gasteiger partial charge in [-0.25, -0.2) is 4.52 Å². The van der Waals surface area contributed by atoms with Gasteiger partial charge in [-0.1, -0.05) is 12.1 Å². The molecule has 8 heteroatoms. The second-order valence-electron chi connectivity index (χ2n) is 6.47. The van der Waals surface area contributed by atoms with Crippen LogP contribution in [0.3, 0.4) is 0 Å². The summed E-state index contributed by atoms with van der Waals surface area (Å²) < 4.78 is 12.2. The van der Waals surface area contributed by atoms with E-state index in [1.807, 2.05) is 24.3 Å². The van der Waals surface area contributed by atoms with E-state index in [2.05, 4.69) is 15.4 Å². The molecule has 0 fully saturated rings. The predicted molar refractivity (Wildman–Crippen MR) is 109 cm³/mol. The summed E-state index contributed by atoms with van der Waals surface area (Å²) >= 11 is 0. The Morgan fingerprint density at radius 2 is 2.00 bits per heavy atom. The first kappa shape index (κ1) is 18.5. The fourth-order valence-corrected chi connectivity index (χ4v) is 3.33. The number of ether oxygens (including phenoxy) is 2. The topological polar surface area (TPSA) is 97.7 Å². The number of benzene rings is 2. The Balaban J connectivity index is 1.55. The van der Waals surface area contributed by atoms with Gasteiger partial charge < -0.3 is 19.8 Å². The van der Waals surface area contributed by atoms with Gasteiger partial charge in [0.1, 0.15) is 22.7 Å². The Labute approximate surface area is 166 Å². The Kier molecular flexibility index (Phi) is 4.90. The molecular formula is C21H20N4O4. The molecule has 0 spiro atoms. The third-order valence-corrected chi connectivity index (χ3v) is 4.79. The zero-order chi connectivity index (χ0) is 20.4. The van der Waals surface area contributed by atoms with Crippen LogP contribution in [0.1, 0.15) is 15.9 Å². The van der Waals surface area contributed by atoms with Crippen molar-refractivity contribution in [3.05, 3.63) is 70.1 Å². The Morgan fingerprint density at radius 1 is 1.17 bits per heavy atom. The van der Waals surface area contributed by atoms with Gasteiger partial charge in [0, 0.05) is 6.54 Å². The normalized spacial score (nSPS) is 11.0. The van der Waals surface area contributed by atoms with Crippen LogP contribution in [0.25, 0.3) is 16.6 Å². The lowest BCUT2D eigenvalue weighted by atomic mass is 10.1. The highest BCUT2D eigenvalue weighted by Gasteiger charge is 2.16. The molecule has 0 aliphatic heterocycles. The van der Waals surface area contributed by atoms with E-state index in [1.165, 1.54) is 6.20 Å². The molecule has 0 bridgehead atoms. The number of amides is 1. The first-order valence-corrected chi connectivity index (χ1v) is 9.10. The Hall–Kier alpha value is -3.81.